The molecule has 0 heterocycles. The fraction of sp³-hybridized carbons (Fsp3) is 0.273. The van der Waals surface area contributed by atoms with E-state index in [1.165, 1.54) is 0 Å². The summed E-state index contributed by atoms with van der Waals surface area (Å²) in [6.07, 6.45) is 2.37. The van der Waals surface area contributed by atoms with Gasteiger partial charge in [0.25, 0.3) is 0 Å². The number of aliphatic hydroxyl groups excluding tert-OH is 1. The maximum atomic E-state index is 8.76. The van der Waals surface area contributed by atoms with E-state index in [9.17, 15) is 0 Å². The topological polar surface area (TPSA) is 46.2 Å². The highest BCUT2D eigenvalue weighted by Crippen LogP contribution is 2.19. The van der Waals surface area contributed by atoms with Gasteiger partial charge in [0.1, 0.15) is 0 Å². The Kier molecular flexibility index (Phi) is 3.68. The second kappa shape index (κ2) is 4.80. The lowest BCUT2D eigenvalue weighted by Crippen LogP contribution is -2.13. The molecule has 0 spiro atoms. The van der Waals surface area contributed by atoms with Crippen molar-refractivity contribution in [1.82, 2.24) is 0 Å². The molecule has 0 aliphatic heterocycles. The van der Waals surface area contributed by atoms with Crippen molar-refractivity contribution >= 4 is 6.08 Å². The second-order valence-electron chi connectivity index (χ2n) is 2.95. The quantitative estimate of drug-likeness (QED) is 0.735. The van der Waals surface area contributed by atoms with E-state index in [-0.39, 0.29) is 12.6 Å². The van der Waals surface area contributed by atoms with Crippen LogP contribution in [-0.4, -0.2) is 11.7 Å². The number of hydrogen-bond acceptors (Lipinski definition) is 2. The lowest BCUT2D eigenvalue weighted by atomic mass is 9.99. The largest absolute Gasteiger partial charge is 0.396 e. The molecule has 0 saturated carbocycles. The number of aliphatic hydroxyl groups is 1. The third-order valence-electron chi connectivity index (χ3n) is 2.06. The molecular formula is C11H15NO. The van der Waals surface area contributed by atoms with Gasteiger partial charge in [-0.15, -0.1) is 0 Å². The van der Waals surface area contributed by atoms with Crippen molar-refractivity contribution in [2.75, 3.05) is 6.61 Å². The first-order chi connectivity index (χ1) is 6.29. The van der Waals surface area contributed by atoms with Crippen molar-refractivity contribution in [3.05, 3.63) is 42.0 Å². The van der Waals surface area contributed by atoms with E-state index in [1.807, 2.05) is 24.3 Å². The van der Waals surface area contributed by atoms with Crippen LogP contribution < -0.4 is 5.73 Å². The Morgan fingerprint density at radius 3 is 2.77 bits per heavy atom. The van der Waals surface area contributed by atoms with Crippen molar-refractivity contribution in [3.8, 4) is 0 Å². The molecule has 1 unspecified atom stereocenters. The first kappa shape index (κ1) is 9.96. The number of hydrogen-bond donors (Lipinski definition) is 2. The van der Waals surface area contributed by atoms with Crippen LogP contribution in [0.3, 0.4) is 0 Å². The van der Waals surface area contributed by atoms with Crippen LogP contribution in [0.4, 0.5) is 0 Å². The molecule has 1 atom stereocenters. The van der Waals surface area contributed by atoms with E-state index in [2.05, 4.69) is 6.58 Å². The van der Waals surface area contributed by atoms with Gasteiger partial charge in [0, 0.05) is 12.6 Å². The molecule has 13 heavy (non-hydrogen) atoms. The van der Waals surface area contributed by atoms with Crippen LogP contribution in [-0.2, 0) is 0 Å². The summed E-state index contributed by atoms with van der Waals surface area (Å²) >= 11 is 0. The first-order valence-electron chi connectivity index (χ1n) is 4.37. The summed E-state index contributed by atoms with van der Waals surface area (Å²) in [5.41, 5.74) is 7.97. The Labute approximate surface area is 78.7 Å². The summed E-state index contributed by atoms with van der Waals surface area (Å²) in [4.78, 5) is 0. The average Bonchev–Trinajstić information content (AvgIpc) is 2.18. The van der Waals surface area contributed by atoms with Gasteiger partial charge in [-0.3, -0.25) is 0 Å². The highest BCUT2D eigenvalue weighted by atomic mass is 16.3. The van der Waals surface area contributed by atoms with Gasteiger partial charge in [-0.25, -0.2) is 0 Å². The molecule has 3 N–H and O–H groups in total. The van der Waals surface area contributed by atoms with E-state index in [4.69, 9.17) is 10.8 Å². The Bertz CT molecular complexity index is 283. The standard InChI is InChI=1S/C11H15NO/c1-2-9-5-3-4-6-10(9)11(12)7-8-13/h2-6,11,13H,1,7-8,12H2. The highest BCUT2D eigenvalue weighted by molar-refractivity contribution is 5.52. The molecule has 1 rings (SSSR count). The normalized spacial score (nSPS) is 12.5. The number of benzene rings is 1. The summed E-state index contributed by atoms with van der Waals surface area (Å²) in [7, 11) is 0. The maximum Gasteiger partial charge on any atom is 0.0449 e. The van der Waals surface area contributed by atoms with Crippen LogP contribution >= 0.6 is 0 Å². The van der Waals surface area contributed by atoms with Crippen molar-refractivity contribution in [1.29, 1.82) is 0 Å². The SMILES string of the molecule is C=Cc1ccccc1C(N)CCO. The van der Waals surface area contributed by atoms with Gasteiger partial charge in [0.05, 0.1) is 0 Å². The lowest BCUT2D eigenvalue weighted by molar-refractivity contribution is 0.276. The minimum Gasteiger partial charge on any atom is -0.396 e. The predicted molar refractivity (Wildman–Crippen MR) is 55.2 cm³/mol. The summed E-state index contributed by atoms with van der Waals surface area (Å²) in [6.45, 7) is 3.83. The molecule has 0 fully saturated rings. The van der Waals surface area contributed by atoms with Crippen LogP contribution in [0.1, 0.15) is 23.6 Å². The average molecular weight is 177 g/mol. The zero-order chi connectivity index (χ0) is 9.68. The Hall–Kier alpha value is -1.12. The molecule has 0 aliphatic carbocycles. The minimum absolute atomic E-state index is 0.0980. The van der Waals surface area contributed by atoms with Gasteiger partial charge in [-0.1, -0.05) is 36.9 Å². The minimum atomic E-state index is -0.0980. The van der Waals surface area contributed by atoms with E-state index >= 15 is 0 Å². The van der Waals surface area contributed by atoms with Gasteiger partial charge in [-0.05, 0) is 17.5 Å². The number of rotatable bonds is 4. The van der Waals surface area contributed by atoms with E-state index < -0.39 is 0 Å². The van der Waals surface area contributed by atoms with Gasteiger partial charge in [0.15, 0.2) is 0 Å². The van der Waals surface area contributed by atoms with Gasteiger partial charge in [-0.2, -0.15) is 0 Å². The molecule has 70 valence electrons. The molecule has 0 bridgehead atoms. The van der Waals surface area contributed by atoms with Crippen LogP contribution in [0, 0.1) is 0 Å². The first-order valence-corrected chi connectivity index (χ1v) is 4.37. The number of nitrogens with two attached hydrogens (primary N) is 1. The lowest BCUT2D eigenvalue weighted by Gasteiger charge is -2.12. The molecule has 2 heteroatoms. The molecule has 0 aromatic heterocycles. The summed E-state index contributed by atoms with van der Waals surface area (Å²) < 4.78 is 0. The monoisotopic (exact) mass is 177 g/mol. The Morgan fingerprint density at radius 2 is 2.15 bits per heavy atom. The molecule has 1 aromatic carbocycles. The van der Waals surface area contributed by atoms with Crippen molar-refractivity contribution in [2.24, 2.45) is 5.73 Å². The fourth-order valence-corrected chi connectivity index (χ4v) is 1.33. The molecule has 0 saturated heterocycles. The van der Waals surface area contributed by atoms with Crippen LogP contribution in [0.2, 0.25) is 0 Å². The second-order valence-corrected chi connectivity index (χ2v) is 2.95. The van der Waals surface area contributed by atoms with Gasteiger partial charge >= 0.3 is 0 Å². The van der Waals surface area contributed by atoms with Crippen molar-refractivity contribution in [2.45, 2.75) is 12.5 Å². The van der Waals surface area contributed by atoms with Crippen molar-refractivity contribution < 1.29 is 5.11 Å². The summed E-state index contributed by atoms with van der Waals surface area (Å²) in [6, 6.07) is 7.74. The molecule has 0 amide bonds. The van der Waals surface area contributed by atoms with E-state index in [1.54, 1.807) is 6.08 Å². The molecule has 0 radical (unpaired) electrons. The van der Waals surface area contributed by atoms with Gasteiger partial charge in [0.2, 0.25) is 0 Å². The zero-order valence-corrected chi connectivity index (χ0v) is 7.61. The van der Waals surface area contributed by atoms with Crippen LogP contribution in [0.5, 0.6) is 0 Å². The molecular weight excluding hydrogens is 162 g/mol. The molecule has 1 aromatic rings. The van der Waals surface area contributed by atoms with Crippen LogP contribution in [0.25, 0.3) is 6.08 Å². The predicted octanol–water partition coefficient (Wildman–Crippen LogP) is 1.71. The van der Waals surface area contributed by atoms with E-state index in [0.717, 1.165) is 11.1 Å². The highest BCUT2D eigenvalue weighted by Gasteiger charge is 2.07. The smallest absolute Gasteiger partial charge is 0.0449 e. The summed E-state index contributed by atoms with van der Waals surface area (Å²) in [5, 5.41) is 8.76. The Morgan fingerprint density at radius 1 is 1.46 bits per heavy atom. The van der Waals surface area contributed by atoms with Crippen LogP contribution in [0.15, 0.2) is 30.8 Å². The van der Waals surface area contributed by atoms with E-state index in [0.29, 0.717) is 6.42 Å². The Balaban J connectivity index is 2.91. The van der Waals surface area contributed by atoms with Gasteiger partial charge < -0.3 is 10.8 Å². The zero-order valence-electron chi connectivity index (χ0n) is 7.61. The molecule has 2 nitrogen and oxygen atoms in total. The fourth-order valence-electron chi connectivity index (χ4n) is 1.33. The third-order valence-corrected chi connectivity index (χ3v) is 2.06. The molecule has 0 aliphatic rings. The third kappa shape index (κ3) is 2.41. The maximum absolute atomic E-state index is 8.76. The summed E-state index contributed by atoms with van der Waals surface area (Å²) in [5.74, 6) is 0. The van der Waals surface area contributed by atoms with Crippen molar-refractivity contribution in [3.63, 3.8) is 0 Å².